The van der Waals surface area contributed by atoms with Crippen LogP contribution in [-0.4, -0.2) is 5.78 Å². The summed E-state index contributed by atoms with van der Waals surface area (Å²) in [5, 5.41) is 0. The second kappa shape index (κ2) is 4.21. The molecule has 4 aliphatic carbocycles. The zero-order valence-electron chi connectivity index (χ0n) is 13.3. The topological polar surface area (TPSA) is 17.1 Å². The highest BCUT2D eigenvalue weighted by Crippen LogP contribution is 2.63. The summed E-state index contributed by atoms with van der Waals surface area (Å²) >= 11 is 0. The van der Waals surface area contributed by atoms with Gasteiger partial charge in [-0.25, -0.2) is 0 Å². The van der Waals surface area contributed by atoms with Gasteiger partial charge in [0.25, 0.3) is 0 Å². The molecule has 4 rings (SSSR count). The number of ketones is 1. The molecule has 21 heavy (non-hydrogen) atoms. The Morgan fingerprint density at radius 3 is 2.76 bits per heavy atom. The van der Waals surface area contributed by atoms with Crippen LogP contribution in [0.5, 0.6) is 0 Å². The average molecular weight is 282 g/mol. The summed E-state index contributed by atoms with van der Waals surface area (Å²) in [5.41, 5.74) is 2.96. The van der Waals surface area contributed by atoms with Crippen molar-refractivity contribution >= 4 is 5.78 Å². The summed E-state index contributed by atoms with van der Waals surface area (Å²) < 4.78 is 0. The van der Waals surface area contributed by atoms with E-state index in [4.69, 9.17) is 0 Å². The molecule has 1 heteroatoms. The average Bonchev–Trinajstić information content (AvgIpc) is 2.76. The van der Waals surface area contributed by atoms with E-state index in [2.05, 4.69) is 38.7 Å². The fourth-order valence-corrected chi connectivity index (χ4v) is 6.05. The molecular formula is C20H26O. The lowest BCUT2D eigenvalue weighted by Gasteiger charge is -2.55. The quantitative estimate of drug-likeness (QED) is 0.620. The number of Topliss-reactive ketones (excluding diaryl/α,β-unsaturated/α-hetero) is 1. The SMILES string of the molecule is C=C1C=C[C@@]2(C)C(=C1)CC[C@H]1[C@H]2CC[C@]2(C)C(=O)CC[C@@H]12. The zero-order valence-corrected chi connectivity index (χ0v) is 13.3. The number of hydrogen-bond donors (Lipinski definition) is 0. The Labute approximate surface area is 128 Å². The van der Waals surface area contributed by atoms with E-state index >= 15 is 0 Å². The van der Waals surface area contributed by atoms with Crippen molar-refractivity contribution in [2.45, 2.75) is 52.4 Å². The van der Waals surface area contributed by atoms with Crippen LogP contribution in [0.1, 0.15) is 52.4 Å². The summed E-state index contributed by atoms with van der Waals surface area (Å²) in [6.45, 7) is 8.79. The second-order valence-corrected chi connectivity index (χ2v) is 8.19. The van der Waals surface area contributed by atoms with Crippen molar-refractivity contribution in [3.8, 4) is 0 Å². The lowest BCUT2D eigenvalue weighted by molar-refractivity contribution is -0.131. The molecule has 0 radical (unpaired) electrons. The molecule has 3 saturated carbocycles. The summed E-state index contributed by atoms with van der Waals surface area (Å²) in [6, 6.07) is 0. The highest BCUT2D eigenvalue weighted by Gasteiger charge is 2.58. The first-order valence-electron chi connectivity index (χ1n) is 8.58. The third kappa shape index (κ3) is 1.67. The number of hydrogen-bond acceptors (Lipinski definition) is 1. The fourth-order valence-electron chi connectivity index (χ4n) is 6.05. The van der Waals surface area contributed by atoms with Crippen molar-refractivity contribution in [1.82, 2.24) is 0 Å². The van der Waals surface area contributed by atoms with Crippen molar-refractivity contribution < 1.29 is 4.79 Å². The van der Waals surface area contributed by atoms with Crippen molar-refractivity contribution in [2.24, 2.45) is 28.6 Å². The standard InChI is InChI=1S/C20H26O/c1-13-8-10-19(2)14(12-13)4-5-15-16-6-7-18(21)20(16,3)11-9-17(15)19/h8,10,12,15-17H,1,4-7,9,11H2,2-3H3/t15-,16+,17-,19+,20+/m1/s1. The number of carbonyl (C=O) groups excluding carboxylic acids is 1. The molecule has 0 saturated heterocycles. The molecule has 3 fully saturated rings. The molecule has 0 unspecified atom stereocenters. The van der Waals surface area contributed by atoms with E-state index in [9.17, 15) is 4.79 Å². The van der Waals surface area contributed by atoms with Gasteiger partial charge in [-0.2, -0.15) is 0 Å². The summed E-state index contributed by atoms with van der Waals surface area (Å²) in [4.78, 5) is 12.4. The van der Waals surface area contributed by atoms with Crippen LogP contribution in [-0.2, 0) is 4.79 Å². The zero-order chi connectivity index (χ0) is 14.8. The molecule has 0 aromatic carbocycles. The van der Waals surface area contributed by atoms with Crippen LogP contribution in [0.3, 0.4) is 0 Å². The van der Waals surface area contributed by atoms with Crippen LogP contribution in [0.4, 0.5) is 0 Å². The van der Waals surface area contributed by atoms with Crippen LogP contribution in [0.25, 0.3) is 0 Å². The normalized spacial score (nSPS) is 48.5. The Morgan fingerprint density at radius 1 is 1.14 bits per heavy atom. The third-order valence-electron chi connectivity index (χ3n) is 7.36. The Bertz CT molecular complexity index is 581. The maximum absolute atomic E-state index is 12.4. The number of rotatable bonds is 0. The van der Waals surface area contributed by atoms with Crippen LogP contribution in [0.2, 0.25) is 0 Å². The molecule has 112 valence electrons. The summed E-state index contributed by atoms with van der Waals surface area (Å²) in [6.07, 6.45) is 13.7. The molecule has 0 N–H and O–H groups in total. The van der Waals surface area contributed by atoms with Gasteiger partial charge in [-0.15, -0.1) is 0 Å². The first-order chi connectivity index (χ1) is 9.95. The molecule has 4 aliphatic rings. The van der Waals surface area contributed by atoms with Crippen LogP contribution in [0, 0.1) is 28.6 Å². The molecule has 0 aliphatic heterocycles. The summed E-state index contributed by atoms with van der Waals surface area (Å²) in [7, 11) is 0. The predicted octanol–water partition coefficient (Wildman–Crippen LogP) is 4.85. The molecule has 0 aromatic heterocycles. The van der Waals surface area contributed by atoms with Gasteiger partial charge in [0, 0.05) is 17.3 Å². The lowest BCUT2D eigenvalue weighted by Crippen LogP contribution is -2.49. The fraction of sp³-hybridized carbons (Fsp3) is 0.650. The predicted molar refractivity (Wildman–Crippen MR) is 85.8 cm³/mol. The van der Waals surface area contributed by atoms with Crippen LogP contribution < -0.4 is 0 Å². The van der Waals surface area contributed by atoms with E-state index in [0.29, 0.717) is 11.7 Å². The van der Waals surface area contributed by atoms with E-state index in [0.717, 1.165) is 36.7 Å². The van der Waals surface area contributed by atoms with Crippen molar-refractivity contribution in [3.63, 3.8) is 0 Å². The minimum absolute atomic E-state index is 0.000717. The van der Waals surface area contributed by atoms with Gasteiger partial charge in [0.1, 0.15) is 5.78 Å². The van der Waals surface area contributed by atoms with Gasteiger partial charge in [-0.3, -0.25) is 4.79 Å². The van der Waals surface area contributed by atoms with E-state index in [-0.39, 0.29) is 10.8 Å². The smallest absolute Gasteiger partial charge is 0.139 e. The molecule has 1 nitrogen and oxygen atoms in total. The first kappa shape index (κ1) is 13.5. The van der Waals surface area contributed by atoms with E-state index in [1.54, 1.807) is 5.57 Å². The molecule has 0 amide bonds. The van der Waals surface area contributed by atoms with E-state index in [1.165, 1.54) is 19.3 Å². The molecule has 5 atom stereocenters. The molecule has 0 spiro atoms. The van der Waals surface area contributed by atoms with Gasteiger partial charge in [-0.05, 0) is 55.4 Å². The van der Waals surface area contributed by atoms with Crippen LogP contribution in [0.15, 0.2) is 36.0 Å². The summed E-state index contributed by atoms with van der Waals surface area (Å²) in [5.74, 6) is 2.66. The second-order valence-electron chi connectivity index (χ2n) is 8.19. The number of allylic oxidation sites excluding steroid dienone is 5. The van der Waals surface area contributed by atoms with Crippen molar-refractivity contribution in [2.75, 3.05) is 0 Å². The van der Waals surface area contributed by atoms with Gasteiger partial charge < -0.3 is 0 Å². The van der Waals surface area contributed by atoms with Gasteiger partial charge in [0.15, 0.2) is 0 Å². The van der Waals surface area contributed by atoms with Gasteiger partial charge in [0.2, 0.25) is 0 Å². The Morgan fingerprint density at radius 2 is 1.95 bits per heavy atom. The molecule has 0 bridgehead atoms. The van der Waals surface area contributed by atoms with E-state index in [1.807, 2.05) is 0 Å². The Balaban J connectivity index is 1.72. The Hall–Kier alpha value is -1.11. The maximum Gasteiger partial charge on any atom is 0.139 e. The molecule has 0 aromatic rings. The molecule has 0 heterocycles. The highest BCUT2D eigenvalue weighted by atomic mass is 16.1. The van der Waals surface area contributed by atoms with Gasteiger partial charge >= 0.3 is 0 Å². The van der Waals surface area contributed by atoms with Gasteiger partial charge in [-0.1, -0.05) is 44.2 Å². The van der Waals surface area contributed by atoms with Crippen LogP contribution >= 0.6 is 0 Å². The monoisotopic (exact) mass is 282 g/mol. The lowest BCUT2D eigenvalue weighted by atomic mass is 9.48. The number of fused-ring (bicyclic) bond motifs is 5. The maximum atomic E-state index is 12.4. The third-order valence-corrected chi connectivity index (χ3v) is 7.36. The highest BCUT2D eigenvalue weighted by molar-refractivity contribution is 5.87. The van der Waals surface area contributed by atoms with Gasteiger partial charge in [0.05, 0.1) is 0 Å². The minimum Gasteiger partial charge on any atom is -0.299 e. The van der Waals surface area contributed by atoms with Crippen molar-refractivity contribution in [3.05, 3.63) is 36.0 Å². The van der Waals surface area contributed by atoms with Crippen molar-refractivity contribution in [1.29, 1.82) is 0 Å². The molecular weight excluding hydrogens is 256 g/mol. The van der Waals surface area contributed by atoms with E-state index < -0.39 is 0 Å². The largest absolute Gasteiger partial charge is 0.299 e. The first-order valence-corrected chi connectivity index (χ1v) is 8.58. The number of carbonyl (C=O) groups is 1. The minimum atomic E-state index is 0.000717. The Kier molecular flexibility index (Phi) is 2.72.